The van der Waals surface area contributed by atoms with E-state index in [4.69, 9.17) is 40.1 Å². The summed E-state index contributed by atoms with van der Waals surface area (Å²) in [6.45, 7) is 0. The maximum absolute atomic E-state index is 13.1. The van der Waals surface area contributed by atoms with E-state index >= 15 is 0 Å². The summed E-state index contributed by atoms with van der Waals surface area (Å²) in [7, 11) is -3.80. The molecule has 0 radical (unpaired) electrons. The normalized spacial score (nSPS) is 13.8. The molecule has 0 aromatic heterocycles. The Kier molecular flexibility index (Phi) is 6.05. The van der Waals surface area contributed by atoms with E-state index in [1.54, 1.807) is 6.07 Å². The van der Waals surface area contributed by atoms with E-state index in [0.717, 1.165) is 24.3 Å². The molecule has 0 N–H and O–H groups in total. The Balaban J connectivity index is 2.91. The maximum atomic E-state index is 13.1. The summed E-state index contributed by atoms with van der Waals surface area (Å²) in [4.78, 5) is -2.25. The number of alkyl halides is 5. The highest BCUT2D eigenvalue weighted by Crippen LogP contribution is 2.30. The second kappa shape index (κ2) is 6.97. The van der Waals surface area contributed by atoms with Crippen LogP contribution in [0.25, 0.3) is 0 Å². The van der Waals surface area contributed by atoms with Gasteiger partial charge in [0.2, 0.25) is 4.84 Å². The van der Waals surface area contributed by atoms with Crippen molar-refractivity contribution < 1.29 is 21.9 Å². The zero-order valence-corrected chi connectivity index (χ0v) is 13.2. The summed E-state index contributed by atoms with van der Waals surface area (Å²) in [6.07, 6.45) is -3.81. The molecule has 0 amide bonds. The molecule has 0 heterocycles. The van der Waals surface area contributed by atoms with E-state index in [-0.39, 0.29) is 10.6 Å². The SMILES string of the molecule is N#CC(Cl)CS(=O)(=O)c1ccc(OC(F)(F)C(Cl)Cl)cc1. The van der Waals surface area contributed by atoms with Gasteiger partial charge in [0.15, 0.2) is 9.84 Å². The summed E-state index contributed by atoms with van der Waals surface area (Å²) >= 11 is 15.6. The number of halogens is 5. The lowest BCUT2D eigenvalue weighted by Gasteiger charge is -2.18. The molecule has 10 heteroatoms. The molecule has 0 fully saturated rings. The van der Waals surface area contributed by atoms with Crippen molar-refractivity contribution in [3.05, 3.63) is 24.3 Å². The number of hydrogen-bond acceptors (Lipinski definition) is 4. The third-order valence-electron chi connectivity index (χ3n) is 2.20. The molecule has 4 nitrogen and oxygen atoms in total. The Labute approximate surface area is 135 Å². The van der Waals surface area contributed by atoms with Crippen molar-refractivity contribution in [2.45, 2.75) is 21.2 Å². The summed E-state index contributed by atoms with van der Waals surface area (Å²) in [5, 5.41) is 7.29. The van der Waals surface area contributed by atoms with Crippen LogP contribution in [-0.4, -0.2) is 30.5 Å². The minimum atomic E-state index is -3.81. The number of rotatable bonds is 6. The van der Waals surface area contributed by atoms with Crippen LogP contribution < -0.4 is 4.74 Å². The summed E-state index contributed by atoms with van der Waals surface area (Å²) in [5.41, 5.74) is 0. The second-order valence-electron chi connectivity index (χ2n) is 3.81. The first-order valence-electron chi connectivity index (χ1n) is 5.30. The van der Waals surface area contributed by atoms with Gasteiger partial charge in [-0.15, -0.1) is 11.6 Å². The van der Waals surface area contributed by atoms with Crippen molar-refractivity contribution in [1.29, 1.82) is 5.26 Å². The molecule has 1 atom stereocenters. The Bertz CT molecular complexity index is 629. The molecule has 0 aliphatic rings. The third-order valence-corrected chi connectivity index (χ3v) is 4.90. The highest BCUT2D eigenvalue weighted by atomic mass is 35.5. The first-order valence-corrected chi connectivity index (χ1v) is 8.26. The van der Waals surface area contributed by atoms with Crippen LogP contribution in [0.3, 0.4) is 0 Å². The van der Waals surface area contributed by atoms with E-state index in [9.17, 15) is 17.2 Å². The largest absolute Gasteiger partial charge is 0.431 e. The summed E-state index contributed by atoms with van der Waals surface area (Å²) in [5.74, 6) is -0.903. The first-order chi connectivity index (χ1) is 9.58. The van der Waals surface area contributed by atoms with Crippen LogP contribution in [0.4, 0.5) is 8.78 Å². The molecule has 1 unspecified atom stereocenters. The maximum Gasteiger partial charge on any atom is 0.428 e. The monoisotopic (exact) mass is 377 g/mol. The van der Waals surface area contributed by atoms with Gasteiger partial charge in [0.05, 0.1) is 16.7 Å². The number of benzene rings is 1. The lowest BCUT2D eigenvalue weighted by molar-refractivity contribution is -0.163. The smallest absolute Gasteiger partial charge is 0.428 e. The first kappa shape index (κ1) is 18.2. The van der Waals surface area contributed by atoms with E-state index in [2.05, 4.69) is 4.74 Å². The van der Waals surface area contributed by atoms with Crippen molar-refractivity contribution in [2.75, 3.05) is 5.75 Å². The molecular weight excluding hydrogens is 371 g/mol. The number of nitrogens with zero attached hydrogens (tertiary/aromatic N) is 1. The standard InChI is InChI=1S/C11H8Cl3F2NO3S/c12-7(5-17)6-21(18,19)9-3-1-8(2-4-9)20-11(15,16)10(13)14/h1-4,7,10H,6H2. The number of hydrogen-bond donors (Lipinski definition) is 0. The predicted molar refractivity (Wildman–Crippen MR) is 74.8 cm³/mol. The van der Waals surface area contributed by atoms with Crippen LogP contribution in [0.2, 0.25) is 0 Å². The van der Waals surface area contributed by atoms with Gasteiger partial charge in [0.25, 0.3) is 0 Å². The van der Waals surface area contributed by atoms with Gasteiger partial charge in [-0.25, -0.2) is 8.42 Å². The van der Waals surface area contributed by atoms with Crippen LogP contribution in [0.15, 0.2) is 29.2 Å². The molecule has 0 aliphatic carbocycles. The van der Waals surface area contributed by atoms with E-state index < -0.39 is 31.9 Å². The Hall–Kier alpha value is -0.810. The fraction of sp³-hybridized carbons (Fsp3) is 0.364. The minimum Gasteiger partial charge on any atom is -0.431 e. The van der Waals surface area contributed by atoms with Gasteiger partial charge in [0, 0.05) is 0 Å². The van der Waals surface area contributed by atoms with Gasteiger partial charge >= 0.3 is 6.11 Å². The summed E-state index contributed by atoms with van der Waals surface area (Å²) < 4.78 is 54.2. The van der Waals surface area contributed by atoms with Gasteiger partial charge in [-0.05, 0) is 24.3 Å². The Morgan fingerprint density at radius 2 is 1.76 bits per heavy atom. The summed E-state index contributed by atoms with van der Waals surface area (Å²) in [6, 6.07) is 5.73. The Morgan fingerprint density at radius 3 is 2.19 bits per heavy atom. The number of ether oxygens (including phenoxy) is 1. The molecule has 0 saturated carbocycles. The lowest BCUT2D eigenvalue weighted by atomic mass is 10.3. The van der Waals surface area contributed by atoms with E-state index in [1.165, 1.54) is 0 Å². The van der Waals surface area contributed by atoms with Crippen LogP contribution in [0.1, 0.15) is 0 Å². The van der Waals surface area contributed by atoms with Gasteiger partial charge in [-0.2, -0.15) is 14.0 Å². The molecule has 21 heavy (non-hydrogen) atoms. The van der Waals surface area contributed by atoms with Gasteiger partial charge in [-0.3, -0.25) is 0 Å². The molecule has 1 aromatic carbocycles. The molecule has 0 aliphatic heterocycles. The second-order valence-corrected chi connectivity index (χ2v) is 7.47. The molecule has 116 valence electrons. The molecule has 0 saturated heterocycles. The van der Waals surface area contributed by atoms with Crippen LogP contribution >= 0.6 is 34.8 Å². The average Bonchev–Trinajstić information content (AvgIpc) is 2.38. The predicted octanol–water partition coefficient (Wildman–Crippen LogP) is 3.37. The van der Waals surface area contributed by atoms with Gasteiger partial charge in [-0.1, -0.05) is 23.2 Å². The van der Waals surface area contributed by atoms with E-state index in [0.29, 0.717) is 0 Å². The molecular formula is C11H8Cl3F2NO3S. The van der Waals surface area contributed by atoms with Crippen molar-refractivity contribution in [1.82, 2.24) is 0 Å². The van der Waals surface area contributed by atoms with Crippen molar-refractivity contribution in [3.8, 4) is 11.8 Å². The Morgan fingerprint density at radius 1 is 1.24 bits per heavy atom. The highest BCUT2D eigenvalue weighted by molar-refractivity contribution is 7.91. The fourth-order valence-corrected chi connectivity index (χ4v) is 3.03. The molecule has 0 bridgehead atoms. The van der Waals surface area contributed by atoms with Crippen LogP contribution in [0, 0.1) is 11.3 Å². The quantitative estimate of drug-likeness (QED) is 0.712. The average molecular weight is 379 g/mol. The van der Waals surface area contributed by atoms with Gasteiger partial charge < -0.3 is 4.74 Å². The van der Waals surface area contributed by atoms with Crippen LogP contribution in [0.5, 0.6) is 5.75 Å². The fourth-order valence-electron chi connectivity index (χ4n) is 1.24. The minimum absolute atomic E-state index is 0.174. The number of sulfone groups is 1. The lowest BCUT2D eigenvalue weighted by Crippen LogP contribution is -2.32. The van der Waals surface area contributed by atoms with Crippen molar-refractivity contribution >= 4 is 44.6 Å². The zero-order valence-electron chi connectivity index (χ0n) is 10.1. The van der Waals surface area contributed by atoms with Crippen LogP contribution in [-0.2, 0) is 9.84 Å². The molecule has 1 rings (SSSR count). The molecule has 1 aromatic rings. The third kappa shape index (κ3) is 5.15. The number of nitriles is 1. The van der Waals surface area contributed by atoms with Crippen molar-refractivity contribution in [3.63, 3.8) is 0 Å². The highest BCUT2D eigenvalue weighted by Gasteiger charge is 2.40. The zero-order chi connectivity index (χ0) is 16.3. The topological polar surface area (TPSA) is 67.2 Å². The van der Waals surface area contributed by atoms with Gasteiger partial charge in [0.1, 0.15) is 11.1 Å². The van der Waals surface area contributed by atoms with Crippen molar-refractivity contribution in [2.24, 2.45) is 0 Å². The van der Waals surface area contributed by atoms with E-state index in [1.807, 2.05) is 0 Å². The molecule has 0 spiro atoms.